The minimum absolute atomic E-state index is 0.319. The zero-order chi connectivity index (χ0) is 12.1. The van der Waals surface area contributed by atoms with Gasteiger partial charge in [-0.15, -0.1) is 11.6 Å². The van der Waals surface area contributed by atoms with Crippen LogP contribution >= 0.6 is 11.6 Å². The highest BCUT2D eigenvalue weighted by molar-refractivity contribution is 6.30. The number of halogens is 1. The first-order valence-electron chi connectivity index (χ1n) is 4.76. The Morgan fingerprint density at radius 1 is 1.38 bits per heavy atom. The van der Waals surface area contributed by atoms with Crippen molar-refractivity contribution in [1.29, 1.82) is 0 Å². The molecule has 1 amide bonds. The number of nitrogens with two attached hydrogens (primary N) is 1. The van der Waals surface area contributed by atoms with Crippen LogP contribution in [-0.2, 0) is 9.53 Å². The van der Waals surface area contributed by atoms with Gasteiger partial charge in [0.05, 0.1) is 12.2 Å². The van der Waals surface area contributed by atoms with E-state index in [1.54, 1.807) is 31.2 Å². The van der Waals surface area contributed by atoms with Crippen molar-refractivity contribution >= 4 is 23.5 Å². The molecule has 0 saturated carbocycles. The molecule has 0 radical (unpaired) electrons. The van der Waals surface area contributed by atoms with Gasteiger partial charge in [0.2, 0.25) is 5.91 Å². The SMILES string of the molecule is CCOC(=O)c1ccc(C(Cl)C(N)=O)cc1. The Morgan fingerprint density at radius 2 is 1.94 bits per heavy atom. The van der Waals surface area contributed by atoms with E-state index in [2.05, 4.69) is 0 Å². The van der Waals surface area contributed by atoms with Crippen LogP contribution in [0.1, 0.15) is 28.2 Å². The Morgan fingerprint density at radius 3 is 2.38 bits per heavy atom. The molecule has 1 atom stereocenters. The second-order valence-electron chi connectivity index (χ2n) is 3.11. The first-order chi connectivity index (χ1) is 7.56. The van der Waals surface area contributed by atoms with E-state index in [1.165, 1.54) is 0 Å². The number of carbonyl (C=O) groups excluding carboxylic acids is 2. The maximum atomic E-state index is 11.3. The van der Waals surface area contributed by atoms with Gasteiger partial charge in [-0.3, -0.25) is 4.79 Å². The van der Waals surface area contributed by atoms with Crippen LogP contribution in [0.15, 0.2) is 24.3 Å². The predicted octanol–water partition coefficient (Wildman–Crippen LogP) is 1.63. The van der Waals surface area contributed by atoms with Gasteiger partial charge in [-0.25, -0.2) is 4.79 Å². The Balaban J connectivity index is 2.83. The highest BCUT2D eigenvalue weighted by Gasteiger charge is 2.14. The van der Waals surface area contributed by atoms with Gasteiger partial charge < -0.3 is 10.5 Å². The lowest BCUT2D eigenvalue weighted by molar-refractivity contribution is -0.117. The van der Waals surface area contributed by atoms with Gasteiger partial charge in [-0.05, 0) is 24.6 Å². The summed E-state index contributed by atoms with van der Waals surface area (Å²) in [6, 6.07) is 6.25. The Labute approximate surface area is 98.3 Å². The molecule has 5 heteroatoms. The third-order valence-electron chi connectivity index (χ3n) is 1.96. The molecule has 0 fully saturated rings. The molecule has 0 aliphatic rings. The topological polar surface area (TPSA) is 69.4 Å². The third-order valence-corrected chi connectivity index (χ3v) is 2.43. The van der Waals surface area contributed by atoms with Crippen LogP contribution in [0.4, 0.5) is 0 Å². The van der Waals surface area contributed by atoms with Gasteiger partial charge in [0.1, 0.15) is 5.38 Å². The van der Waals surface area contributed by atoms with Gasteiger partial charge in [-0.1, -0.05) is 12.1 Å². The van der Waals surface area contributed by atoms with Crippen molar-refractivity contribution in [3.63, 3.8) is 0 Å². The van der Waals surface area contributed by atoms with E-state index in [-0.39, 0.29) is 0 Å². The maximum absolute atomic E-state index is 11.3. The lowest BCUT2D eigenvalue weighted by Crippen LogP contribution is -2.17. The smallest absolute Gasteiger partial charge is 0.338 e. The Kier molecular flexibility index (Phi) is 4.31. The number of benzene rings is 1. The van der Waals surface area contributed by atoms with E-state index in [4.69, 9.17) is 22.1 Å². The number of carbonyl (C=O) groups is 2. The number of ether oxygens (including phenoxy) is 1. The predicted molar refractivity (Wildman–Crippen MR) is 60.2 cm³/mol. The monoisotopic (exact) mass is 241 g/mol. The summed E-state index contributed by atoms with van der Waals surface area (Å²) in [4.78, 5) is 22.1. The molecule has 1 aromatic rings. The van der Waals surface area contributed by atoms with Crippen molar-refractivity contribution in [3.8, 4) is 0 Å². The van der Waals surface area contributed by atoms with Crippen molar-refractivity contribution < 1.29 is 14.3 Å². The van der Waals surface area contributed by atoms with Crippen molar-refractivity contribution in [2.45, 2.75) is 12.3 Å². The van der Waals surface area contributed by atoms with Crippen LogP contribution in [0, 0.1) is 0 Å². The van der Waals surface area contributed by atoms with Crippen LogP contribution in [0.3, 0.4) is 0 Å². The average Bonchev–Trinajstić information content (AvgIpc) is 2.28. The molecule has 0 saturated heterocycles. The molecule has 1 aromatic carbocycles. The first-order valence-corrected chi connectivity index (χ1v) is 5.20. The lowest BCUT2D eigenvalue weighted by atomic mass is 10.1. The minimum atomic E-state index is -0.878. The van der Waals surface area contributed by atoms with E-state index >= 15 is 0 Å². The molecule has 0 heterocycles. The van der Waals surface area contributed by atoms with E-state index in [0.29, 0.717) is 17.7 Å². The molecule has 1 rings (SSSR count). The zero-order valence-electron chi connectivity index (χ0n) is 8.77. The second kappa shape index (κ2) is 5.51. The van der Waals surface area contributed by atoms with E-state index in [9.17, 15) is 9.59 Å². The number of primary amides is 1. The zero-order valence-corrected chi connectivity index (χ0v) is 9.53. The van der Waals surface area contributed by atoms with E-state index < -0.39 is 17.3 Å². The van der Waals surface area contributed by atoms with Gasteiger partial charge in [-0.2, -0.15) is 0 Å². The first kappa shape index (κ1) is 12.5. The number of alkyl halides is 1. The summed E-state index contributed by atoms with van der Waals surface area (Å²) in [6.45, 7) is 2.05. The van der Waals surface area contributed by atoms with Crippen molar-refractivity contribution in [2.24, 2.45) is 5.73 Å². The molecule has 86 valence electrons. The van der Waals surface area contributed by atoms with E-state index in [0.717, 1.165) is 0 Å². The number of amides is 1. The van der Waals surface area contributed by atoms with Gasteiger partial charge >= 0.3 is 5.97 Å². The maximum Gasteiger partial charge on any atom is 0.338 e. The normalized spacial score (nSPS) is 11.9. The quantitative estimate of drug-likeness (QED) is 0.643. The van der Waals surface area contributed by atoms with Crippen LogP contribution < -0.4 is 5.73 Å². The summed E-state index contributed by atoms with van der Waals surface area (Å²) in [5.74, 6) is -1.02. The molecule has 16 heavy (non-hydrogen) atoms. The summed E-state index contributed by atoms with van der Waals surface area (Å²) in [7, 11) is 0. The van der Waals surface area contributed by atoms with Crippen LogP contribution in [0.2, 0.25) is 0 Å². The average molecular weight is 242 g/mol. The fourth-order valence-corrected chi connectivity index (χ4v) is 1.31. The number of esters is 1. The summed E-state index contributed by atoms with van der Waals surface area (Å²) in [5, 5.41) is -0.878. The highest BCUT2D eigenvalue weighted by Crippen LogP contribution is 2.20. The molecular formula is C11H12ClNO3. The van der Waals surface area contributed by atoms with Crippen LogP contribution in [0.25, 0.3) is 0 Å². The van der Waals surface area contributed by atoms with Gasteiger partial charge in [0.15, 0.2) is 0 Å². The van der Waals surface area contributed by atoms with Gasteiger partial charge in [0, 0.05) is 0 Å². The lowest BCUT2D eigenvalue weighted by Gasteiger charge is -2.06. The van der Waals surface area contributed by atoms with Crippen molar-refractivity contribution in [1.82, 2.24) is 0 Å². The third kappa shape index (κ3) is 2.97. The minimum Gasteiger partial charge on any atom is -0.462 e. The molecule has 0 aliphatic carbocycles. The molecule has 0 aromatic heterocycles. The van der Waals surface area contributed by atoms with Crippen LogP contribution in [-0.4, -0.2) is 18.5 Å². The number of rotatable bonds is 4. The highest BCUT2D eigenvalue weighted by atomic mass is 35.5. The Hall–Kier alpha value is -1.55. The Bertz CT molecular complexity index is 389. The summed E-state index contributed by atoms with van der Waals surface area (Å²) < 4.78 is 4.81. The molecule has 4 nitrogen and oxygen atoms in total. The standard InChI is InChI=1S/C11H12ClNO3/c1-2-16-11(15)8-5-3-7(4-6-8)9(12)10(13)14/h3-6,9H,2H2,1H3,(H2,13,14). The fraction of sp³-hybridized carbons (Fsp3) is 0.273. The van der Waals surface area contributed by atoms with Gasteiger partial charge in [0.25, 0.3) is 0 Å². The van der Waals surface area contributed by atoms with Crippen LogP contribution in [0.5, 0.6) is 0 Å². The summed E-state index contributed by atoms with van der Waals surface area (Å²) in [5.41, 5.74) is 6.02. The molecule has 0 spiro atoms. The molecule has 1 unspecified atom stereocenters. The second-order valence-corrected chi connectivity index (χ2v) is 3.54. The molecule has 2 N–H and O–H groups in total. The van der Waals surface area contributed by atoms with E-state index in [1.807, 2.05) is 0 Å². The largest absolute Gasteiger partial charge is 0.462 e. The molecule has 0 bridgehead atoms. The summed E-state index contributed by atoms with van der Waals surface area (Å²) >= 11 is 5.74. The van der Waals surface area contributed by atoms with Crippen molar-refractivity contribution in [2.75, 3.05) is 6.61 Å². The summed E-state index contributed by atoms with van der Waals surface area (Å²) in [6.07, 6.45) is 0. The van der Waals surface area contributed by atoms with Crippen molar-refractivity contribution in [3.05, 3.63) is 35.4 Å². The number of hydrogen-bond donors (Lipinski definition) is 1. The molecular weight excluding hydrogens is 230 g/mol. The number of hydrogen-bond acceptors (Lipinski definition) is 3. The fourth-order valence-electron chi connectivity index (χ4n) is 1.17. The molecule has 0 aliphatic heterocycles.